The van der Waals surface area contributed by atoms with E-state index in [4.69, 9.17) is 14.5 Å². The molecule has 2 unspecified atom stereocenters. The SMILES string of the molecule is Cc1cccc2[nH]c(CN(C)CC3CNNC3c3ccc4c(c3)OCO4)nc12. The molecular weight excluding hydrogens is 354 g/mol. The van der Waals surface area contributed by atoms with Gasteiger partial charge < -0.3 is 14.5 Å². The molecule has 0 amide bonds. The predicted molar refractivity (Wildman–Crippen MR) is 107 cm³/mol. The quantitative estimate of drug-likeness (QED) is 0.633. The van der Waals surface area contributed by atoms with E-state index >= 15 is 0 Å². The fourth-order valence-corrected chi connectivity index (χ4v) is 4.19. The Morgan fingerprint density at radius 2 is 2.07 bits per heavy atom. The Kier molecular flexibility index (Phi) is 4.43. The zero-order valence-electron chi connectivity index (χ0n) is 16.2. The summed E-state index contributed by atoms with van der Waals surface area (Å²) in [7, 11) is 2.15. The molecule has 1 fully saturated rings. The largest absolute Gasteiger partial charge is 0.454 e. The van der Waals surface area contributed by atoms with E-state index in [2.05, 4.69) is 65.0 Å². The van der Waals surface area contributed by atoms with Crippen LogP contribution in [-0.4, -0.2) is 41.8 Å². The zero-order valence-corrected chi connectivity index (χ0v) is 16.2. The lowest BCUT2D eigenvalue weighted by Gasteiger charge is -2.24. The number of hydrogen-bond acceptors (Lipinski definition) is 6. The number of ether oxygens (including phenoxy) is 2. The lowest BCUT2D eigenvalue weighted by molar-refractivity contribution is 0.174. The predicted octanol–water partition coefficient (Wildman–Crippen LogP) is 2.50. The molecule has 2 aliphatic heterocycles. The molecule has 5 rings (SSSR count). The summed E-state index contributed by atoms with van der Waals surface area (Å²) < 4.78 is 11.0. The molecule has 2 aromatic carbocycles. The molecular formula is C21H25N5O2. The molecule has 7 heteroatoms. The maximum absolute atomic E-state index is 5.54. The lowest BCUT2D eigenvalue weighted by Crippen LogP contribution is -2.30. The molecule has 3 heterocycles. The van der Waals surface area contributed by atoms with E-state index in [1.165, 1.54) is 11.1 Å². The third-order valence-corrected chi connectivity index (χ3v) is 5.58. The van der Waals surface area contributed by atoms with Crippen molar-refractivity contribution < 1.29 is 9.47 Å². The fraction of sp³-hybridized carbons (Fsp3) is 0.381. The van der Waals surface area contributed by atoms with E-state index in [1.54, 1.807) is 0 Å². The first-order valence-corrected chi connectivity index (χ1v) is 9.68. The number of H-pyrrole nitrogens is 1. The number of fused-ring (bicyclic) bond motifs is 2. The highest BCUT2D eigenvalue weighted by Gasteiger charge is 2.30. The maximum atomic E-state index is 5.54. The van der Waals surface area contributed by atoms with Crippen LogP contribution in [0.1, 0.15) is 23.0 Å². The van der Waals surface area contributed by atoms with Crippen LogP contribution >= 0.6 is 0 Å². The number of imidazole rings is 1. The number of aromatic amines is 1. The van der Waals surface area contributed by atoms with Gasteiger partial charge in [-0.25, -0.2) is 10.4 Å². The first-order valence-electron chi connectivity index (χ1n) is 9.68. The molecule has 1 aromatic heterocycles. The molecule has 0 radical (unpaired) electrons. The third kappa shape index (κ3) is 3.22. The van der Waals surface area contributed by atoms with E-state index in [-0.39, 0.29) is 6.04 Å². The van der Waals surface area contributed by atoms with Crippen LogP contribution < -0.4 is 20.3 Å². The molecule has 3 N–H and O–H groups in total. The second kappa shape index (κ2) is 7.09. The van der Waals surface area contributed by atoms with Gasteiger partial charge in [0.25, 0.3) is 0 Å². The van der Waals surface area contributed by atoms with Crippen LogP contribution in [0.2, 0.25) is 0 Å². The number of aryl methyl sites for hydroxylation is 1. The Morgan fingerprint density at radius 3 is 2.96 bits per heavy atom. The van der Waals surface area contributed by atoms with Gasteiger partial charge in [-0.05, 0) is 43.3 Å². The van der Waals surface area contributed by atoms with Gasteiger partial charge in [-0.15, -0.1) is 0 Å². The Hall–Kier alpha value is -2.61. The number of nitrogens with one attached hydrogen (secondary N) is 3. The molecule has 3 aromatic rings. The highest BCUT2D eigenvalue weighted by atomic mass is 16.7. The number of aromatic nitrogens is 2. The van der Waals surface area contributed by atoms with Crippen molar-refractivity contribution in [1.29, 1.82) is 0 Å². The number of benzene rings is 2. The smallest absolute Gasteiger partial charge is 0.231 e. The van der Waals surface area contributed by atoms with Gasteiger partial charge >= 0.3 is 0 Å². The van der Waals surface area contributed by atoms with Gasteiger partial charge in [0.1, 0.15) is 5.82 Å². The number of para-hydroxylation sites is 1. The van der Waals surface area contributed by atoms with Crippen molar-refractivity contribution in [3.63, 3.8) is 0 Å². The number of rotatable bonds is 5. The second-order valence-corrected chi connectivity index (χ2v) is 7.73. The van der Waals surface area contributed by atoms with Crippen molar-refractivity contribution >= 4 is 11.0 Å². The number of hydrazine groups is 1. The normalized spacial score (nSPS) is 21.1. The van der Waals surface area contributed by atoms with E-state index in [0.29, 0.717) is 12.7 Å². The van der Waals surface area contributed by atoms with Crippen LogP contribution in [0.25, 0.3) is 11.0 Å². The highest BCUT2D eigenvalue weighted by Crippen LogP contribution is 2.36. The summed E-state index contributed by atoms with van der Waals surface area (Å²) in [5, 5.41) is 0. The summed E-state index contributed by atoms with van der Waals surface area (Å²) in [5.74, 6) is 3.10. The highest BCUT2D eigenvalue weighted by molar-refractivity contribution is 5.78. The summed E-state index contributed by atoms with van der Waals surface area (Å²) in [6.07, 6.45) is 0. The summed E-state index contributed by atoms with van der Waals surface area (Å²) in [4.78, 5) is 10.6. The van der Waals surface area contributed by atoms with Gasteiger partial charge in [-0.3, -0.25) is 10.3 Å². The molecule has 1 saturated heterocycles. The van der Waals surface area contributed by atoms with Gasteiger partial charge in [-0.1, -0.05) is 18.2 Å². The molecule has 146 valence electrons. The maximum Gasteiger partial charge on any atom is 0.231 e. The Bertz CT molecular complexity index is 1000. The summed E-state index contributed by atoms with van der Waals surface area (Å²) in [6.45, 7) is 5.07. The zero-order chi connectivity index (χ0) is 19.1. The first kappa shape index (κ1) is 17.5. The molecule has 0 spiro atoms. The van der Waals surface area contributed by atoms with Crippen LogP contribution in [0.5, 0.6) is 11.5 Å². The molecule has 2 aliphatic rings. The van der Waals surface area contributed by atoms with Gasteiger partial charge in [0.05, 0.1) is 23.6 Å². The molecule has 2 atom stereocenters. The van der Waals surface area contributed by atoms with Crippen LogP contribution in [0.3, 0.4) is 0 Å². The Labute approximate surface area is 164 Å². The molecule has 0 aliphatic carbocycles. The summed E-state index contributed by atoms with van der Waals surface area (Å²) >= 11 is 0. The van der Waals surface area contributed by atoms with Crippen molar-refractivity contribution in [3.05, 3.63) is 53.3 Å². The van der Waals surface area contributed by atoms with Gasteiger partial charge in [0, 0.05) is 19.0 Å². The molecule has 0 bridgehead atoms. The van der Waals surface area contributed by atoms with Crippen LogP contribution in [-0.2, 0) is 6.54 Å². The van der Waals surface area contributed by atoms with Crippen LogP contribution in [0.4, 0.5) is 0 Å². The van der Waals surface area contributed by atoms with Crippen molar-refractivity contribution in [1.82, 2.24) is 25.7 Å². The summed E-state index contributed by atoms with van der Waals surface area (Å²) in [6, 6.07) is 12.7. The van der Waals surface area contributed by atoms with E-state index in [0.717, 1.165) is 48.0 Å². The topological polar surface area (TPSA) is 74.4 Å². The second-order valence-electron chi connectivity index (χ2n) is 7.73. The minimum Gasteiger partial charge on any atom is -0.454 e. The average molecular weight is 379 g/mol. The van der Waals surface area contributed by atoms with E-state index in [1.807, 2.05) is 6.07 Å². The number of hydrogen-bond donors (Lipinski definition) is 3. The lowest BCUT2D eigenvalue weighted by atomic mass is 9.94. The minimum atomic E-state index is 0.231. The number of nitrogens with zero attached hydrogens (tertiary/aromatic N) is 2. The monoisotopic (exact) mass is 379 g/mol. The van der Waals surface area contributed by atoms with Crippen molar-refractivity contribution in [2.75, 3.05) is 26.9 Å². The molecule has 28 heavy (non-hydrogen) atoms. The first-order chi connectivity index (χ1) is 13.7. The van der Waals surface area contributed by atoms with Crippen molar-refractivity contribution in [2.24, 2.45) is 5.92 Å². The van der Waals surface area contributed by atoms with E-state index in [9.17, 15) is 0 Å². The van der Waals surface area contributed by atoms with Crippen molar-refractivity contribution in [2.45, 2.75) is 19.5 Å². The average Bonchev–Trinajstić information content (AvgIpc) is 3.40. The molecule has 0 saturated carbocycles. The molecule has 7 nitrogen and oxygen atoms in total. The van der Waals surface area contributed by atoms with Crippen LogP contribution in [0.15, 0.2) is 36.4 Å². The van der Waals surface area contributed by atoms with Crippen LogP contribution in [0, 0.1) is 12.8 Å². The standard InChI is InChI=1S/C21H25N5O2/c1-13-4-3-5-16-20(13)24-19(23-16)11-26(2)10-15-9-22-25-21(15)14-6-7-17-18(8-14)28-12-27-17/h3-8,15,21-22,25H,9-12H2,1-2H3,(H,23,24). The fourth-order valence-electron chi connectivity index (χ4n) is 4.19. The van der Waals surface area contributed by atoms with Crippen molar-refractivity contribution in [3.8, 4) is 11.5 Å². The third-order valence-electron chi connectivity index (χ3n) is 5.58. The Balaban J connectivity index is 1.28. The minimum absolute atomic E-state index is 0.231. The summed E-state index contributed by atoms with van der Waals surface area (Å²) in [5.41, 5.74) is 11.3. The van der Waals surface area contributed by atoms with Gasteiger partial charge in [-0.2, -0.15) is 0 Å². The Morgan fingerprint density at radius 1 is 1.18 bits per heavy atom. The van der Waals surface area contributed by atoms with Gasteiger partial charge in [0.15, 0.2) is 11.5 Å². The van der Waals surface area contributed by atoms with Gasteiger partial charge in [0.2, 0.25) is 6.79 Å². The van der Waals surface area contributed by atoms with E-state index < -0.39 is 0 Å².